The van der Waals surface area contributed by atoms with Crippen molar-refractivity contribution >= 4 is 11.5 Å². The Morgan fingerprint density at radius 2 is 2.27 bits per heavy atom. The van der Waals surface area contributed by atoms with Crippen LogP contribution in [0.3, 0.4) is 0 Å². The molecular formula is C10H10FNO3. The number of hydrogen-bond acceptors (Lipinski definition) is 3. The number of nitrogens with zero attached hydrogens (tertiary/aromatic N) is 1. The van der Waals surface area contributed by atoms with Crippen LogP contribution in [-0.2, 0) is 4.79 Å². The molecular weight excluding hydrogens is 200 g/mol. The van der Waals surface area contributed by atoms with Crippen LogP contribution >= 0.6 is 0 Å². The fourth-order valence-corrected chi connectivity index (χ4v) is 0.963. The minimum atomic E-state index is -3.27. The summed E-state index contributed by atoms with van der Waals surface area (Å²) in [5, 5.41) is 10.4. The highest BCUT2D eigenvalue weighted by Gasteiger charge is 2.13. The number of carbonyl (C=O) groups is 1. The SMILES string of the molecule is [2H]C([2H])([2H])C(=O)C([2H])([2H])C([18F])c1ccc([N+](=O)[O-])cc1. The zero-order valence-electron chi connectivity index (χ0n) is 12.4. The van der Waals surface area contributed by atoms with Crippen LogP contribution in [0.1, 0.15) is 31.8 Å². The Labute approximate surface area is 92.9 Å². The molecule has 0 aliphatic rings. The van der Waals surface area contributed by atoms with Gasteiger partial charge < -0.3 is 0 Å². The monoisotopic (exact) mass is 215 g/mol. The molecule has 1 unspecified atom stereocenters. The van der Waals surface area contributed by atoms with E-state index in [0.717, 1.165) is 24.3 Å². The first-order valence-electron chi connectivity index (χ1n) is 6.41. The molecule has 0 saturated heterocycles. The van der Waals surface area contributed by atoms with Crippen molar-refractivity contribution < 1.29 is 21.0 Å². The maximum atomic E-state index is 14.0. The molecule has 0 aliphatic heterocycles. The molecule has 0 radical (unpaired) electrons. The van der Waals surface area contributed by atoms with E-state index in [1.165, 1.54) is 0 Å². The summed E-state index contributed by atoms with van der Waals surface area (Å²) in [6, 6.07) is 3.76. The standard InChI is InChI=1S/C10H10FNO3/c1-7(13)6-10(11)8-2-4-9(5-3-8)12(14)15/h2-5,10H,6H2,1H3/i1D3,6D2,11-1. The third-order valence-corrected chi connectivity index (χ3v) is 1.65. The molecule has 0 aliphatic carbocycles. The van der Waals surface area contributed by atoms with Gasteiger partial charge >= 0.3 is 0 Å². The van der Waals surface area contributed by atoms with Gasteiger partial charge in [0.15, 0.2) is 0 Å². The van der Waals surface area contributed by atoms with Gasteiger partial charge in [-0.25, -0.2) is 4.39 Å². The van der Waals surface area contributed by atoms with Crippen molar-refractivity contribution in [1.82, 2.24) is 0 Å². The van der Waals surface area contributed by atoms with Gasteiger partial charge in [0.2, 0.25) is 0 Å². The molecule has 0 fully saturated rings. The maximum absolute atomic E-state index is 14.0. The van der Waals surface area contributed by atoms with Gasteiger partial charge in [0.05, 0.1) is 4.92 Å². The topological polar surface area (TPSA) is 60.2 Å². The number of non-ortho nitro benzene ring substituents is 1. The van der Waals surface area contributed by atoms with E-state index in [9.17, 15) is 19.3 Å². The van der Waals surface area contributed by atoms with Crippen LogP contribution < -0.4 is 0 Å². The Balaban J connectivity index is 3.07. The van der Waals surface area contributed by atoms with Crippen LogP contribution in [0.2, 0.25) is 0 Å². The summed E-state index contributed by atoms with van der Waals surface area (Å²) in [4.78, 5) is 21.1. The van der Waals surface area contributed by atoms with E-state index < -0.39 is 30.1 Å². The summed E-state index contributed by atoms with van der Waals surface area (Å²) in [5.74, 6) is -1.85. The number of ketones is 1. The molecule has 1 atom stereocenters. The summed E-state index contributed by atoms with van der Waals surface area (Å²) in [6.45, 7) is -3.27. The van der Waals surface area contributed by atoms with E-state index in [4.69, 9.17) is 6.85 Å². The van der Waals surface area contributed by atoms with E-state index in [1.807, 2.05) is 0 Å². The summed E-state index contributed by atoms with van der Waals surface area (Å²) < 4.78 is 49.1. The molecule has 0 amide bonds. The lowest BCUT2D eigenvalue weighted by Crippen LogP contribution is -1.99. The van der Waals surface area contributed by atoms with Crippen molar-refractivity contribution in [3.05, 3.63) is 39.9 Å². The lowest BCUT2D eigenvalue weighted by atomic mass is 10.1. The van der Waals surface area contributed by atoms with E-state index in [-0.39, 0.29) is 11.3 Å². The highest BCUT2D eigenvalue weighted by molar-refractivity contribution is 5.76. The van der Waals surface area contributed by atoms with Gasteiger partial charge in [-0.15, -0.1) is 0 Å². The van der Waals surface area contributed by atoms with Crippen molar-refractivity contribution in [3.8, 4) is 0 Å². The highest BCUT2D eigenvalue weighted by atomic mass is 18.2. The molecule has 0 bridgehead atoms. The highest BCUT2D eigenvalue weighted by Crippen LogP contribution is 2.23. The van der Waals surface area contributed by atoms with Gasteiger partial charge in [0.25, 0.3) is 5.69 Å². The van der Waals surface area contributed by atoms with Gasteiger partial charge in [-0.3, -0.25) is 14.9 Å². The Bertz CT molecular complexity index is 529. The Morgan fingerprint density at radius 1 is 1.67 bits per heavy atom. The summed E-state index contributed by atoms with van der Waals surface area (Å²) >= 11 is 0. The van der Waals surface area contributed by atoms with Gasteiger partial charge in [0.1, 0.15) is 12.0 Å². The third-order valence-electron chi connectivity index (χ3n) is 1.65. The molecule has 5 heteroatoms. The number of Topliss-reactive ketones (excluding diaryl/α,β-unsaturated/α-hetero) is 1. The van der Waals surface area contributed by atoms with Crippen molar-refractivity contribution in [2.45, 2.75) is 19.4 Å². The Morgan fingerprint density at radius 3 is 2.73 bits per heavy atom. The third kappa shape index (κ3) is 3.12. The molecule has 15 heavy (non-hydrogen) atoms. The zero-order valence-corrected chi connectivity index (χ0v) is 7.44. The Kier molecular flexibility index (Phi) is 1.84. The van der Waals surface area contributed by atoms with Crippen LogP contribution in [0.15, 0.2) is 24.3 Å². The van der Waals surface area contributed by atoms with Gasteiger partial charge in [-0.05, 0) is 24.5 Å². The number of benzene rings is 1. The number of rotatable bonds is 4. The van der Waals surface area contributed by atoms with Gasteiger partial charge in [-0.2, -0.15) is 0 Å². The lowest BCUT2D eigenvalue weighted by molar-refractivity contribution is -0.384. The molecule has 0 saturated carbocycles. The number of nitro benzene ring substituents is 1. The van der Waals surface area contributed by atoms with Crippen LogP contribution in [0.25, 0.3) is 0 Å². The second kappa shape index (κ2) is 4.63. The van der Waals surface area contributed by atoms with Crippen molar-refractivity contribution in [2.24, 2.45) is 0 Å². The van der Waals surface area contributed by atoms with E-state index >= 15 is 0 Å². The van der Waals surface area contributed by atoms with Crippen LogP contribution in [0.4, 0.5) is 10.1 Å². The molecule has 4 nitrogen and oxygen atoms in total. The van der Waals surface area contributed by atoms with Crippen molar-refractivity contribution in [2.75, 3.05) is 0 Å². The molecule has 0 heterocycles. The average molecular weight is 215 g/mol. The maximum Gasteiger partial charge on any atom is 0.269 e. The van der Waals surface area contributed by atoms with E-state index in [0.29, 0.717) is 0 Å². The van der Waals surface area contributed by atoms with Crippen molar-refractivity contribution in [3.63, 3.8) is 0 Å². The first kappa shape index (κ1) is 5.95. The predicted octanol–water partition coefficient (Wildman–Crippen LogP) is 2.58. The minimum Gasteiger partial charge on any atom is -0.300 e. The zero-order chi connectivity index (χ0) is 15.7. The molecule has 1 aromatic rings. The number of nitro groups is 1. The normalized spacial score (nSPS) is 18.9. The second-order valence-corrected chi connectivity index (χ2v) is 2.68. The largest absolute Gasteiger partial charge is 0.300 e. The number of hydrogen-bond donors (Lipinski definition) is 0. The summed E-state index contributed by atoms with van der Waals surface area (Å²) in [7, 11) is 0. The van der Waals surface area contributed by atoms with Crippen LogP contribution in [0, 0.1) is 10.1 Å². The second-order valence-electron chi connectivity index (χ2n) is 2.68. The molecule has 0 spiro atoms. The quantitative estimate of drug-likeness (QED) is 0.572. The predicted molar refractivity (Wildman–Crippen MR) is 52.2 cm³/mol. The van der Waals surface area contributed by atoms with E-state index in [2.05, 4.69) is 0 Å². The van der Waals surface area contributed by atoms with Gasteiger partial charge in [0, 0.05) is 25.4 Å². The molecule has 1 rings (SSSR count). The van der Waals surface area contributed by atoms with Crippen LogP contribution in [-0.4, -0.2) is 10.7 Å². The fraction of sp³-hybridized carbons (Fsp3) is 0.300. The lowest BCUT2D eigenvalue weighted by Gasteiger charge is -2.05. The number of halogens is 1. The first-order chi connectivity index (χ1) is 8.98. The Hall–Kier alpha value is -1.78. The number of alkyl halides is 1. The van der Waals surface area contributed by atoms with Crippen molar-refractivity contribution in [1.29, 1.82) is 0 Å². The molecule has 0 N–H and O–H groups in total. The molecule has 0 aromatic heterocycles. The minimum absolute atomic E-state index is 0.330. The first-order valence-corrected chi connectivity index (χ1v) is 3.91. The fourth-order valence-electron chi connectivity index (χ4n) is 0.963. The number of carbonyl (C=O) groups excluding carboxylic acids is 1. The molecule has 80 valence electrons. The smallest absolute Gasteiger partial charge is 0.269 e. The molecule has 1 aromatic carbocycles. The summed E-state index contributed by atoms with van der Waals surface area (Å²) in [6.07, 6.45) is -5.78. The van der Waals surface area contributed by atoms with E-state index in [1.54, 1.807) is 0 Å². The van der Waals surface area contributed by atoms with Gasteiger partial charge in [-0.1, -0.05) is 0 Å². The average Bonchev–Trinajstić information content (AvgIpc) is 2.35. The van der Waals surface area contributed by atoms with Crippen LogP contribution in [0.5, 0.6) is 0 Å². The summed E-state index contributed by atoms with van der Waals surface area (Å²) in [5.41, 5.74) is -0.679.